The standard InChI is InChI=1S/C33H38N8O6/c1-3-29-38-28(40-47-29)20-41-15-14-34-31(43)25(16-22-10-6-4-7-11-22)37-32(44)26(17-23-12-8-5-9-13-23)36-30(42)21(2)35-33(45)27-18-24(19-41)46-39-27/h4-13,18,21,25-26H,3,14-17,19-20H2,1-2H3,(H,34,43)(H,35,45)(H,36,42)(H,37,44)/t21-,25+,26-/m0/s1. The van der Waals surface area contributed by atoms with E-state index in [0.29, 0.717) is 30.4 Å². The van der Waals surface area contributed by atoms with Crippen molar-refractivity contribution in [2.75, 3.05) is 13.1 Å². The lowest BCUT2D eigenvalue weighted by Gasteiger charge is -2.25. The molecule has 4 N–H and O–H groups in total. The third-order valence-electron chi connectivity index (χ3n) is 7.65. The number of amides is 4. The molecule has 47 heavy (non-hydrogen) atoms. The van der Waals surface area contributed by atoms with Crippen LogP contribution in [0.5, 0.6) is 0 Å². The van der Waals surface area contributed by atoms with Crippen LogP contribution in [0.1, 0.15) is 52.9 Å². The maximum absolute atomic E-state index is 13.8. The van der Waals surface area contributed by atoms with Gasteiger partial charge in [-0.3, -0.25) is 24.1 Å². The molecule has 0 saturated carbocycles. The smallest absolute Gasteiger partial charge is 0.274 e. The van der Waals surface area contributed by atoms with Crippen molar-refractivity contribution in [2.24, 2.45) is 0 Å². The summed E-state index contributed by atoms with van der Waals surface area (Å²) in [5.41, 5.74) is 1.64. The summed E-state index contributed by atoms with van der Waals surface area (Å²) in [6, 6.07) is 17.1. The summed E-state index contributed by atoms with van der Waals surface area (Å²) in [4.78, 5) is 60.0. The first-order chi connectivity index (χ1) is 22.8. The van der Waals surface area contributed by atoms with Crippen LogP contribution in [0.15, 0.2) is 75.8 Å². The highest BCUT2D eigenvalue weighted by molar-refractivity contribution is 5.97. The Morgan fingerprint density at radius 1 is 0.809 bits per heavy atom. The zero-order valence-electron chi connectivity index (χ0n) is 26.3. The average Bonchev–Trinajstić information content (AvgIpc) is 3.74. The summed E-state index contributed by atoms with van der Waals surface area (Å²) in [6.45, 7) is 4.45. The fraction of sp³-hybridized carbons (Fsp3) is 0.364. The molecule has 4 aromatic rings. The van der Waals surface area contributed by atoms with E-state index in [1.54, 1.807) is 0 Å². The minimum absolute atomic E-state index is 0.0100. The number of rotatable bonds is 7. The largest absolute Gasteiger partial charge is 0.359 e. The van der Waals surface area contributed by atoms with Gasteiger partial charge < -0.3 is 30.3 Å². The molecular weight excluding hydrogens is 604 g/mol. The number of carbonyl (C=O) groups excluding carboxylic acids is 4. The second-order valence-electron chi connectivity index (χ2n) is 11.3. The molecule has 2 aromatic heterocycles. The van der Waals surface area contributed by atoms with Crippen molar-refractivity contribution in [1.29, 1.82) is 0 Å². The Balaban J connectivity index is 1.42. The molecule has 0 saturated heterocycles. The molecule has 0 unspecified atom stereocenters. The van der Waals surface area contributed by atoms with E-state index >= 15 is 0 Å². The quantitative estimate of drug-likeness (QED) is 0.229. The van der Waals surface area contributed by atoms with Crippen LogP contribution in [-0.2, 0) is 46.7 Å². The molecule has 14 heteroatoms. The normalized spacial score (nSPS) is 20.3. The third-order valence-corrected chi connectivity index (χ3v) is 7.65. The van der Waals surface area contributed by atoms with Gasteiger partial charge >= 0.3 is 0 Å². The number of nitrogens with one attached hydrogen (secondary N) is 4. The highest BCUT2D eigenvalue weighted by Crippen LogP contribution is 2.12. The predicted octanol–water partition coefficient (Wildman–Crippen LogP) is 1.33. The number of benzene rings is 2. The molecule has 0 radical (unpaired) electrons. The Labute approximate surface area is 271 Å². The highest BCUT2D eigenvalue weighted by atomic mass is 16.5. The monoisotopic (exact) mass is 642 g/mol. The molecule has 2 aromatic carbocycles. The lowest BCUT2D eigenvalue weighted by molar-refractivity contribution is -0.132. The number of fused-ring (bicyclic) bond motifs is 2. The van der Waals surface area contributed by atoms with Gasteiger partial charge in [0.05, 0.1) is 13.1 Å². The Morgan fingerprint density at radius 3 is 2.09 bits per heavy atom. The van der Waals surface area contributed by atoms with Crippen LogP contribution in [0, 0.1) is 0 Å². The van der Waals surface area contributed by atoms with Crippen LogP contribution in [0.2, 0.25) is 0 Å². The minimum atomic E-state index is -1.04. The molecule has 14 nitrogen and oxygen atoms in total. The van der Waals surface area contributed by atoms with E-state index in [9.17, 15) is 19.2 Å². The van der Waals surface area contributed by atoms with E-state index < -0.39 is 35.8 Å². The maximum Gasteiger partial charge on any atom is 0.274 e. The third kappa shape index (κ3) is 9.33. The van der Waals surface area contributed by atoms with E-state index in [1.165, 1.54) is 13.0 Å². The molecule has 2 bridgehead atoms. The molecular formula is C33H38N8O6. The second kappa shape index (κ2) is 15.8. The molecule has 0 spiro atoms. The Kier molecular flexibility index (Phi) is 11.1. The van der Waals surface area contributed by atoms with E-state index in [2.05, 4.69) is 36.6 Å². The van der Waals surface area contributed by atoms with E-state index in [1.807, 2.05) is 72.5 Å². The summed E-state index contributed by atoms with van der Waals surface area (Å²) < 4.78 is 10.7. The van der Waals surface area contributed by atoms with Crippen LogP contribution in [0.3, 0.4) is 0 Å². The van der Waals surface area contributed by atoms with Crippen molar-refractivity contribution in [1.82, 2.24) is 41.5 Å². The molecule has 246 valence electrons. The molecule has 4 amide bonds. The first-order valence-corrected chi connectivity index (χ1v) is 15.5. The molecule has 0 fully saturated rings. The maximum atomic E-state index is 13.8. The molecule has 1 aliphatic rings. The van der Waals surface area contributed by atoms with Crippen molar-refractivity contribution in [3.63, 3.8) is 0 Å². The second-order valence-corrected chi connectivity index (χ2v) is 11.3. The van der Waals surface area contributed by atoms with Gasteiger partial charge in [-0.05, 0) is 18.1 Å². The van der Waals surface area contributed by atoms with Crippen molar-refractivity contribution in [3.05, 3.63) is 101 Å². The van der Waals surface area contributed by atoms with Crippen LogP contribution in [-0.4, -0.2) is 75.0 Å². The SMILES string of the molecule is CCc1nc(CN2CCNC(=O)[C@@H](Cc3ccccc3)NC(=O)[C@H](Cc3ccccc3)NC(=O)[C@H](C)NC(=O)c3cc(on3)C2)no1. The van der Waals surface area contributed by atoms with Crippen LogP contribution < -0.4 is 21.3 Å². The van der Waals surface area contributed by atoms with Crippen molar-refractivity contribution in [3.8, 4) is 0 Å². The van der Waals surface area contributed by atoms with Gasteiger partial charge in [0, 0.05) is 38.4 Å². The van der Waals surface area contributed by atoms with Gasteiger partial charge in [0.15, 0.2) is 17.3 Å². The minimum Gasteiger partial charge on any atom is -0.359 e. The molecule has 1 aliphatic heterocycles. The number of hydrogen-bond acceptors (Lipinski definition) is 10. The van der Waals surface area contributed by atoms with Crippen LogP contribution in [0.4, 0.5) is 0 Å². The first kappa shape index (κ1) is 33.0. The summed E-state index contributed by atoms with van der Waals surface area (Å²) in [5, 5.41) is 19.1. The molecule has 5 rings (SSSR count). The lowest BCUT2D eigenvalue weighted by atomic mass is 10.0. The topological polar surface area (TPSA) is 185 Å². The van der Waals surface area contributed by atoms with Crippen LogP contribution >= 0.6 is 0 Å². The van der Waals surface area contributed by atoms with Crippen molar-refractivity contribution >= 4 is 23.6 Å². The Hall–Kier alpha value is -5.37. The van der Waals surface area contributed by atoms with E-state index in [4.69, 9.17) is 9.05 Å². The Bertz CT molecular complexity index is 1660. The summed E-state index contributed by atoms with van der Waals surface area (Å²) in [5.74, 6) is -0.784. The lowest BCUT2D eigenvalue weighted by Crippen LogP contribution is -2.57. The number of hydrogen-bond donors (Lipinski definition) is 4. The van der Waals surface area contributed by atoms with E-state index in [-0.39, 0.29) is 44.1 Å². The number of aryl methyl sites for hydroxylation is 1. The molecule has 0 aliphatic carbocycles. The van der Waals surface area contributed by atoms with Gasteiger partial charge in [0.1, 0.15) is 18.1 Å². The number of carbonyl (C=O) groups is 4. The van der Waals surface area contributed by atoms with Gasteiger partial charge in [0.25, 0.3) is 5.91 Å². The highest BCUT2D eigenvalue weighted by Gasteiger charge is 2.30. The van der Waals surface area contributed by atoms with Gasteiger partial charge in [0.2, 0.25) is 23.6 Å². The zero-order valence-corrected chi connectivity index (χ0v) is 26.3. The number of aromatic nitrogens is 3. The zero-order chi connectivity index (χ0) is 33.2. The average molecular weight is 643 g/mol. The van der Waals surface area contributed by atoms with Gasteiger partial charge in [-0.2, -0.15) is 4.98 Å². The summed E-state index contributed by atoms with van der Waals surface area (Å²) >= 11 is 0. The van der Waals surface area contributed by atoms with Gasteiger partial charge in [-0.1, -0.05) is 77.9 Å². The predicted molar refractivity (Wildman–Crippen MR) is 168 cm³/mol. The molecule has 3 heterocycles. The fourth-order valence-corrected chi connectivity index (χ4v) is 5.11. The Morgan fingerprint density at radius 2 is 1.45 bits per heavy atom. The molecule has 3 atom stereocenters. The van der Waals surface area contributed by atoms with Crippen molar-refractivity contribution < 1.29 is 28.2 Å². The summed E-state index contributed by atoms with van der Waals surface area (Å²) in [6.07, 6.45) is 0.973. The van der Waals surface area contributed by atoms with Gasteiger partial charge in [-0.25, -0.2) is 0 Å². The summed E-state index contributed by atoms with van der Waals surface area (Å²) in [7, 11) is 0. The fourth-order valence-electron chi connectivity index (χ4n) is 5.11. The van der Waals surface area contributed by atoms with Crippen LogP contribution in [0.25, 0.3) is 0 Å². The first-order valence-electron chi connectivity index (χ1n) is 15.5. The van der Waals surface area contributed by atoms with E-state index in [0.717, 1.165) is 11.1 Å². The number of nitrogens with zero attached hydrogens (tertiary/aromatic N) is 4. The van der Waals surface area contributed by atoms with Gasteiger partial charge in [-0.15, -0.1) is 0 Å². The van der Waals surface area contributed by atoms with Crippen molar-refractivity contribution in [2.45, 2.75) is 64.3 Å².